The van der Waals surface area contributed by atoms with Crippen molar-refractivity contribution in [2.45, 2.75) is 31.7 Å². The van der Waals surface area contributed by atoms with E-state index in [1.165, 1.54) is 0 Å². The Bertz CT molecular complexity index is 198. The van der Waals surface area contributed by atoms with Gasteiger partial charge in [0.15, 0.2) is 12.5 Å². The molecule has 1 fully saturated rings. The minimum Gasteiger partial charge on any atom is -0.327 e. The van der Waals surface area contributed by atoms with Gasteiger partial charge in [-0.25, -0.2) is 0 Å². The van der Waals surface area contributed by atoms with Crippen LogP contribution in [0.2, 0.25) is 0 Å². The second kappa shape index (κ2) is 2.63. The van der Waals surface area contributed by atoms with Gasteiger partial charge < -0.3 is 4.90 Å². The van der Waals surface area contributed by atoms with Crippen molar-refractivity contribution in [2.24, 2.45) is 0 Å². The normalized spacial score (nSPS) is 29.6. The standard InChI is InChI=1S/C9H12NO/c11-9-6-3-5-8-4-1-2-7-10(8)9/h4,8H,2-3,5-7H2/q+1. The first-order valence-corrected chi connectivity index (χ1v) is 4.24. The largest absolute Gasteiger partial charge is 0.327 e. The lowest BCUT2D eigenvalue weighted by atomic mass is 9.98. The first-order chi connectivity index (χ1) is 5.38. The molecule has 1 unspecified atom stereocenters. The lowest BCUT2D eigenvalue weighted by molar-refractivity contribution is -0.135. The molecule has 2 aliphatic heterocycles. The summed E-state index contributed by atoms with van der Waals surface area (Å²) in [6, 6.07) is 0.380. The maximum atomic E-state index is 11.3. The highest BCUT2D eigenvalue weighted by Crippen LogP contribution is 2.21. The van der Waals surface area contributed by atoms with Crippen LogP contribution in [0.3, 0.4) is 0 Å². The molecular weight excluding hydrogens is 138 g/mol. The van der Waals surface area contributed by atoms with E-state index >= 15 is 0 Å². The zero-order valence-electron chi connectivity index (χ0n) is 6.55. The number of hydrogen-bond donors (Lipinski definition) is 0. The molecule has 2 nitrogen and oxygen atoms in total. The first kappa shape index (κ1) is 6.81. The summed E-state index contributed by atoms with van der Waals surface area (Å²) < 4.78 is 0. The molecule has 0 aromatic rings. The second-order valence-electron chi connectivity index (χ2n) is 3.17. The first-order valence-electron chi connectivity index (χ1n) is 4.24. The van der Waals surface area contributed by atoms with Crippen LogP contribution in [0.15, 0.2) is 6.08 Å². The molecule has 0 N–H and O–H groups in total. The number of amides is 1. The summed E-state index contributed by atoms with van der Waals surface area (Å²) in [7, 11) is 0. The number of carbonyl (C=O) groups excluding carboxylic acids is 1. The van der Waals surface area contributed by atoms with Crippen LogP contribution >= 0.6 is 0 Å². The summed E-state index contributed by atoms with van der Waals surface area (Å²) >= 11 is 0. The Morgan fingerprint density at radius 1 is 1.64 bits per heavy atom. The minimum atomic E-state index is 0.332. The van der Waals surface area contributed by atoms with Crippen LogP contribution in [-0.2, 0) is 4.79 Å². The number of carbonyl (C=O) groups is 1. The predicted molar refractivity (Wildman–Crippen MR) is 41.8 cm³/mol. The summed E-state index contributed by atoms with van der Waals surface area (Å²) in [5.41, 5.74) is 0. The molecule has 1 saturated heterocycles. The van der Waals surface area contributed by atoms with Gasteiger partial charge in [-0.3, -0.25) is 4.79 Å². The quantitative estimate of drug-likeness (QED) is 0.474. The third kappa shape index (κ3) is 1.14. The molecule has 1 atom stereocenters. The van der Waals surface area contributed by atoms with E-state index < -0.39 is 0 Å². The van der Waals surface area contributed by atoms with Gasteiger partial charge in [-0.2, -0.15) is 0 Å². The molecule has 11 heavy (non-hydrogen) atoms. The summed E-state index contributed by atoms with van der Waals surface area (Å²) in [6.45, 7) is 0.889. The summed E-state index contributed by atoms with van der Waals surface area (Å²) in [4.78, 5) is 13.3. The molecule has 0 bridgehead atoms. The SMILES string of the molecule is O=C1CCCC2C=[C+]CCN12. The van der Waals surface area contributed by atoms with Gasteiger partial charge in [-0.05, 0) is 12.8 Å². The fraction of sp³-hybridized carbons (Fsp3) is 0.667. The number of fused-ring (bicyclic) bond motifs is 1. The second-order valence-corrected chi connectivity index (χ2v) is 3.17. The van der Waals surface area contributed by atoms with E-state index in [2.05, 4.69) is 12.2 Å². The number of nitrogens with zero attached hydrogens (tertiary/aromatic N) is 1. The van der Waals surface area contributed by atoms with Crippen LogP contribution in [0.1, 0.15) is 25.7 Å². The average Bonchev–Trinajstić information content (AvgIpc) is 2.06. The minimum absolute atomic E-state index is 0.332. The molecule has 1 amide bonds. The fourth-order valence-electron chi connectivity index (χ4n) is 1.82. The summed E-state index contributed by atoms with van der Waals surface area (Å²) in [6.07, 6.45) is 9.11. The molecule has 0 spiro atoms. The Balaban J connectivity index is 2.15. The monoisotopic (exact) mass is 150 g/mol. The Kier molecular flexibility index (Phi) is 1.63. The maximum Gasteiger partial charge on any atom is 0.223 e. The number of rotatable bonds is 0. The molecule has 2 heterocycles. The molecule has 0 aromatic heterocycles. The molecule has 2 heteroatoms. The van der Waals surface area contributed by atoms with Gasteiger partial charge in [-0.15, -0.1) is 0 Å². The zero-order chi connectivity index (χ0) is 7.68. The van der Waals surface area contributed by atoms with Crippen molar-refractivity contribution in [3.05, 3.63) is 12.2 Å². The van der Waals surface area contributed by atoms with E-state index in [9.17, 15) is 4.79 Å². The van der Waals surface area contributed by atoms with Crippen molar-refractivity contribution in [1.82, 2.24) is 4.90 Å². The van der Waals surface area contributed by atoms with E-state index in [1.807, 2.05) is 4.90 Å². The smallest absolute Gasteiger partial charge is 0.223 e. The highest BCUT2D eigenvalue weighted by atomic mass is 16.2. The van der Waals surface area contributed by atoms with Gasteiger partial charge in [0.1, 0.15) is 0 Å². The Hall–Kier alpha value is -0.880. The Morgan fingerprint density at radius 2 is 2.55 bits per heavy atom. The van der Waals surface area contributed by atoms with Gasteiger partial charge in [0, 0.05) is 6.42 Å². The van der Waals surface area contributed by atoms with Crippen LogP contribution < -0.4 is 0 Å². The summed E-state index contributed by atoms with van der Waals surface area (Å²) in [5.74, 6) is 0.332. The zero-order valence-corrected chi connectivity index (χ0v) is 6.55. The van der Waals surface area contributed by atoms with Crippen LogP contribution in [0, 0.1) is 6.08 Å². The average molecular weight is 150 g/mol. The highest BCUT2D eigenvalue weighted by Gasteiger charge is 2.31. The van der Waals surface area contributed by atoms with Gasteiger partial charge in [-0.1, -0.05) is 0 Å². The van der Waals surface area contributed by atoms with E-state index in [0.717, 1.165) is 32.2 Å². The molecule has 2 rings (SSSR count). The number of piperidine rings is 1. The van der Waals surface area contributed by atoms with Crippen molar-refractivity contribution in [1.29, 1.82) is 0 Å². The van der Waals surface area contributed by atoms with Gasteiger partial charge >= 0.3 is 0 Å². The van der Waals surface area contributed by atoms with Crippen LogP contribution in [-0.4, -0.2) is 23.4 Å². The van der Waals surface area contributed by atoms with Gasteiger partial charge in [0.25, 0.3) is 0 Å². The lowest BCUT2D eigenvalue weighted by Crippen LogP contribution is -2.44. The van der Waals surface area contributed by atoms with E-state index in [1.54, 1.807) is 0 Å². The van der Waals surface area contributed by atoms with Crippen molar-refractivity contribution in [3.8, 4) is 0 Å². The van der Waals surface area contributed by atoms with E-state index in [0.29, 0.717) is 11.9 Å². The predicted octanol–water partition coefficient (Wildman–Crippen LogP) is 1.13. The van der Waals surface area contributed by atoms with Crippen LogP contribution in [0.25, 0.3) is 0 Å². The topological polar surface area (TPSA) is 20.3 Å². The van der Waals surface area contributed by atoms with Crippen molar-refractivity contribution in [2.75, 3.05) is 6.54 Å². The molecule has 0 aliphatic carbocycles. The highest BCUT2D eigenvalue weighted by molar-refractivity contribution is 5.77. The Labute approximate surface area is 66.9 Å². The Morgan fingerprint density at radius 3 is 3.36 bits per heavy atom. The fourth-order valence-corrected chi connectivity index (χ4v) is 1.82. The van der Waals surface area contributed by atoms with Crippen LogP contribution in [0.4, 0.5) is 0 Å². The van der Waals surface area contributed by atoms with Crippen molar-refractivity contribution >= 4 is 5.91 Å². The third-order valence-electron chi connectivity index (χ3n) is 2.42. The maximum absolute atomic E-state index is 11.3. The third-order valence-corrected chi connectivity index (χ3v) is 2.42. The molecule has 0 aromatic carbocycles. The van der Waals surface area contributed by atoms with Crippen molar-refractivity contribution in [3.63, 3.8) is 0 Å². The number of hydrogen-bond acceptors (Lipinski definition) is 1. The lowest BCUT2D eigenvalue weighted by Gasteiger charge is -2.31. The molecule has 0 saturated carbocycles. The van der Waals surface area contributed by atoms with Gasteiger partial charge in [0.2, 0.25) is 12.0 Å². The van der Waals surface area contributed by atoms with Gasteiger partial charge in [0.05, 0.1) is 12.6 Å². The molecule has 58 valence electrons. The van der Waals surface area contributed by atoms with E-state index in [-0.39, 0.29) is 0 Å². The molecule has 2 aliphatic rings. The van der Waals surface area contributed by atoms with Crippen LogP contribution in [0.5, 0.6) is 0 Å². The molecular formula is C9H12NO+. The van der Waals surface area contributed by atoms with E-state index in [4.69, 9.17) is 0 Å². The summed E-state index contributed by atoms with van der Waals surface area (Å²) in [5, 5.41) is 0. The molecule has 0 radical (unpaired) electrons. The van der Waals surface area contributed by atoms with Crippen molar-refractivity contribution < 1.29 is 4.79 Å².